The van der Waals surface area contributed by atoms with E-state index in [1.807, 2.05) is 47.2 Å². The van der Waals surface area contributed by atoms with Gasteiger partial charge in [0.2, 0.25) is 0 Å². The van der Waals surface area contributed by atoms with Gasteiger partial charge in [-0.1, -0.05) is 36.4 Å². The Labute approximate surface area is 162 Å². The van der Waals surface area contributed by atoms with Gasteiger partial charge in [0.15, 0.2) is 11.7 Å². The summed E-state index contributed by atoms with van der Waals surface area (Å²) in [5, 5.41) is 2.20. The number of H-pyrrole nitrogens is 1. The summed E-state index contributed by atoms with van der Waals surface area (Å²) in [5.74, 6) is 2.45. The highest BCUT2D eigenvalue weighted by Crippen LogP contribution is 2.30. The van der Waals surface area contributed by atoms with Crippen LogP contribution in [-0.4, -0.2) is 59.8 Å². The van der Waals surface area contributed by atoms with Gasteiger partial charge in [-0.15, -0.1) is 0 Å². The van der Waals surface area contributed by atoms with Crippen LogP contribution in [0.2, 0.25) is 0 Å². The molecule has 0 saturated carbocycles. The van der Waals surface area contributed by atoms with Crippen molar-refractivity contribution in [2.45, 2.75) is 18.6 Å². The van der Waals surface area contributed by atoms with Gasteiger partial charge in [0.05, 0.1) is 18.9 Å². The van der Waals surface area contributed by atoms with Crippen LogP contribution in [0.3, 0.4) is 0 Å². The smallest absolute Gasteiger partial charge is 0.159 e. The lowest BCUT2D eigenvalue weighted by molar-refractivity contribution is 0.229. The quantitative estimate of drug-likeness (QED) is 0.759. The zero-order valence-electron chi connectivity index (χ0n) is 15.7. The van der Waals surface area contributed by atoms with Crippen LogP contribution in [0.4, 0.5) is 10.2 Å². The number of nitrogens with one attached hydrogen (secondary N) is 1. The van der Waals surface area contributed by atoms with Gasteiger partial charge in [-0.2, -0.15) is 0 Å². The summed E-state index contributed by atoms with van der Waals surface area (Å²) in [6.45, 7) is 1.24. The zero-order chi connectivity index (χ0) is 19.1. The number of anilines is 1. The summed E-state index contributed by atoms with van der Waals surface area (Å²) in [4.78, 5) is 16.2. The molecule has 0 unspecified atom stereocenters. The number of rotatable bonds is 3. The molecule has 3 heterocycles. The molecule has 144 valence electrons. The number of nitrogens with zero attached hydrogens (tertiary/aromatic N) is 4. The van der Waals surface area contributed by atoms with E-state index in [0.29, 0.717) is 26.2 Å². The summed E-state index contributed by atoms with van der Waals surface area (Å²) in [5.41, 5.74) is 0.845. The van der Waals surface area contributed by atoms with Crippen LogP contribution in [-0.2, 0) is 0 Å². The van der Waals surface area contributed by atoms with Crippen molar-refractivity contribution in [1.29, 1.82) is 0 Å². The second-order valence-corrected chi connectivity index (χ2v) is 7.35. The number of hydrogen-bond acceptors (Lipinski definition) is 5. The number of imidazole rings is 1. The van der Waals surface area contributed by atoms with E-state index in [0.717, 1.165) is 33.9 Å². The third-order valence-electron chi connectivity index (χ3n) is 5.45. The Hall–Kier alpha value is -3.09. The van der Waals surface area contributed by atoms with E-state index in [4.69, 9.17) is 4.74 Å². The van der Waals surface area contributed by atoms with Crippen molar-refractivity contribution in [2.75, 3.05) is 31.8 Å². The van der Waals surface area contributed by atoms with Gasteiger partial charge in [0.25, 0.3) is 0 Å². The summed E-state index contributed by atoms with van der Waals surface area (Å²) in [6.07, 6.45) is 1.20. The van der Waals surface area contributed by atoms with Crippen molar-refractivity contribution < 1.29 is 9.13 Å². The molecule has 0 amide bonds. The first kappa shape index (κ1) is 17.0. The van der Waals surface area contributed by atoms with Crippen LogP contribution in [0.5, 0.6) is 5.75 Å². The topological polar surface area (TPSA) is 56.8 Å². The molecule has 5 rings (SSSR count). The van der Waals surface area contributed by atoms with Crippen molar-refractivity contribution in [2.24, 2.45) is 4.99 Å². The molecule has 0 spiro atoms. The minimum Gasteiger partial charge on any atom is -0.491 e. The van der Waals surface area contributed by atoms with Crippen molar-refractivity contribution in [3.8, 4) is 5.75 Å². The number of aliphatic imine (C=N–C) groups is 1. The van der Waals surface area contributed by atoms with E-state index in [9.17, 15) is 4.39 Å². The number of fused-ring (bicyclic) bond motifs is 2. The third-order valence-corrected chi connectivity index (χ3v) is 5.45. The highest BCUT2D eigenvalue weighted by atomic mass is 19.1. The molecule has 1 saturated heterocycles. The minimum atomic E-state index is -0.894. The fourth-order valence-electron chi connectivity index (χ4n) is 4.08. The Balaban J connectivity index is 1.39. The first-order chi connectivity index (χ1) is 13.7. The summed E-state index contributed by atoms with van der Waals surface area (Å²) < 4.78 is 20.5. The maximum Gasteiger partial charge on any atom is 0.159 e. The molecule has 6 nitrogen and oxygen atoms in total. The van der Waals surface area contributed by atoms with Crippen LogP contribution in [0.25, 0.3) is 10.8 Å². The van der Waals surface area contributed by atoms with Gasteiger partial charge in [0, 0.05) is 18.9 Å². The Morgan fingerprint density at radius 1 is 1.21 bits per heavy atom. The van der Waals surface area contributed by atoms with Crippen LogP contribution >= 0.6 is 0 Å². The highest BCUT2D eigenvalue weighted by molar-refractivity contribution is 6.02. The first-order valence-electron chi connectivity index (χ1n) is 9.51. The lowest BCUT2D eigenvalue weighted by Crippen LogP contribution is -2.42. The lowest BCUT2D eigenvalue weighted by atomic mass is 10.1. The monoisotopic (exact) mass is 379 g/mol. The highest BCUT2D eigenvalue weighted by Gasteiger charge is 2.37. The molecular formula is C21H22FN5O. The van der Waals surface area contributed by atoms with Crippen LogP contribution in [0, 0.1) is 0 Å². The first-order valence-corrected chi connectivity index (χ1v) is 9.51. The Morgan fingerprint density at radius 3 is 3.00 bits per heavy atom. The van der Waals surface area contributed by atoms with Crippen molar-refractivity contribution in [1.82, 2.24) is 14.9 Å². The number of hydrogen-bond donors (Lipinski definition) is 1. The van der Waals surface area contributed by atoms with Gasteiger partial charge in [-0.05, 0) is 11.5 Å². The molecule has 1 aromatic heterocycles. The normalized spacial score (nSPS) is 21.7. The molecule has 0 aliphatic carbocycles. The predicted octanol–water partition coefficient (Wildman–Crippen LogP) is 3.21. The molecule has 2 aliphatic heterocycles. The SMILES string of the molecule is CN1CN=C(N2C[C@@H](F)C[C@@H]2COc2cccc3ccccc23)c2[nH]cnc21. The zero-order valence-corrected chi connectivity index (χ0v) is 15.7. The molecule has 28 heavy (non-hydrogen) atoms. The molecule has 0 radical (unpaired) electrons. The fraction of sp³-hybridized carbons (Fsp3) is 0.333. The molecule has 2 aliphatic rings. The van der Waals surface area contributed by atoms with E-state index >= 15 is 0 Å². The number of halogens is 1. The average molecular weight is 379 g/mol. The Bertz CT molecular complexity index is 1030. The molecule has 1 N–H and O–H groups in total. The average Bonchev–Trinajstić information content (AvgIpc) is 3.34. The van der Waals surface area contributed by atoms with E-state index in [2.05, 4.69) is 27.1 Å². The number of amidine groups is 1. The fourth-order valence-corrected chi connectivity index (χ4v) is 4.08. The molecule has 0 bridgehead atoms. The third kappa shape index (κ3) is 2.87. The number of alkyl halides is 1. The van der Waals surface area contributed by atoms with Gasteiger partial charge in [0.1, 0.15) is 30.9 Å². The maximum atomic E-state index is 14.3. The van der Waals surface area contributed by atoms with E-state index in [-0.39, 0.29) is 6.04 Å². The van der Waals surface area contributed by atoms with Crippen molar-refractivity contribution >= 4 is 22.4 Å². The number of benzene rings is 2. The van der Waals surface area contributed by atoms with Crippen molar-refractivity contribution in [3.05, 3.63) is 54.5 Å². The van der Waals surface area contributed by atoms with Gasteiger partial charge in [-0.25, -0.2) is 14.4 Å². The van der Waals surface area contributed by atoms with Gasteiger partial charge in [-0.3, -0.25) is 0 Å². The molecular weight excluding hydrogens is 357 g/mol. The number of ether oxygens (including phenoxy) is 1. The van der Waals surface area contributed by atoms with Crippen LogP contribution in [0.15, 0.2) is 53.8 Å². The molecule has 7 heteroatoms. The largest absolute Gasteiger partial charge is 0.491 e. The van der Waals surface area contributed by atoms with Crippen LogP contribution < -0.4 is 9.64 Å². The molecule has 2 aromatic carbocycles. The summed E-state index contributed by atoms with van der Waals surface area (Å²) >= 11 is 0. The van der Waals surface area contributed by atoms with Gasteiger partial charge < -0.3 is 19.5 Å². The van der Waals surface area contributed by atoms with Gasteiger partial charge >= 0.3 is 0 Å². The molecule has 3 aromatic rings. The maximum absolute atomic E-state index is 14.3. The van der Waals surface area contributed by atoms with E-state index in [1.165, 1.54) is 0 Å². The minimum absolute atomic E-state index is 0.0766. The predicted molar refractivity (Wildman–Crippen MR) is 108 cm³/mol. The van der Waals surface area contributed by atoms with Crippen molar-refractivity contribution in [3.63, 3.8) is 0 Å². The number of likely N-dealkylation sites (tertiary alicyclic amines) is 1. The van der Waals surface area contributed by atoms with E-state index < -0.39 is 6.17 Å². The number of aromatic nitrogens is 2. The lowest BCUT2D eigenvalue weighted by Gasteiger charge is -2.31. The van der Waals surface area contributed by atoms with E-state index in [1.54, 1.807) is 6.33 Å². The molecule has 1 fully saturated rings. The van der Waals surface area contributed by atoms with Crippen LogP contribution in [0.1, 0.15) is 12.1 Å². The summed E-state index contributed by atoms with van der Waals surface area (Å²) in [6, 6.07) is 14.1. The molecule has 2 atom stereocenters. The Kier molecular flexibility index (Phi) is 4.15. The second-order valence-electron chi connectivity index (χ2n) is 7.35. The number of aromatic amines is 1. The second kappa shape index (κ2) is 6.82. The Morgan fingerprint density at radius 2 is 2.07 bits per heavy atom. The summed E-state index contributed by atoms with van der Waals surface area (Å²) in [7, 11) is 1.95. The standard InChI is InChI=1S/C21H22FN5O/c1-26-13-25-21(19-20(26)24-12-23-19)27-10-15(22)9-16(27)11-28-18-8-4-6-14-5-2-3-7-17(14)18/h2-8,12,15-16H,9-11,13H2,1H3,(H,23,24)/t15-,16+/m0/s1.